The maximum atomic E-state index is 4.28. The van der Waals surface area contributed by atoms with Crippen molar-refractivity contribution in [2.24, 2.45) is 0 Å². The Morgan fingerprint density at radius 3 is 1.00 bits per heavy atom. The topological polar surface area (TPSA) is 9.72 Å². The van der Waals surface area contributed by atoms with Crippen LogP contribution in [0.25, 0.3) is 0 Å². The standard InChI is InChI=1S/C12H24BrN3Si/c13-17(14-7-1-2-8-14,15-9-3-4-10-15)16-11-5-6-12-16/h1-12H2. The summed E-state index contributed by atoms with van der Waals surface area (Å²) in [6.07, 6.45) is 8.43. The summed E-state index contributed by atoms with van der Waals surface area (Å²) in [7, 11) is -1.64. The van der Waals surface area contributed by atoms with Crippen LogP contribution in [0, 0.1) is 0 Å². The van der Waals surface area contributed by atoms with Gasteiger partial charge >= 0.3 is 7.18 Å². The van der Waals surface area contributed by atoms with Gasteiger partial charge in [-0.2, -0.15) is 0 Å². The molecular formula is C12H24BrN3Si. The van der Waals surface area contributed by atoms with Crippen LogP contribution >= 0.6 is 15.3 Å². The number of hydrogen-bond acceptors (Lipinski definition) is 3. The van der Waals surface area contributed by atoms with Gasteiger partial charge in [-0.05, 0) is 77.8 Å². The normalized spacial score (nSPS) is 29.5. The fourth-order valence-electron chi connectivity index (χ4n) is 3.60. The van der Waals surface area contributed by atoms with Crippen LogP contribution in [0.3, 0.4) is 0 Å². The van der Waals surface area contributed by atoms with Crippen LogP contribution in [0.1, 0.15) is 38.5 Å². The molecule has 0 atom stereocenters. The van der Waals surface area contributed by atoms with Gasteiger partial charge in [-0.3, -0.25) is 13.7 Å². The van der Waals surface area contributed by atoms with Crippen LogP contribution < -0.4 is 0 Å². The van der Waals surface area contributed by atoms with Gasteiger partial charge in [0.05, 0.1) is 0 Å². The highest BCUT2D eigenvalue weighted by molar-refractivity contribution is 9.25. The van der Waals surface area contributed by atoms with Gasteiger partial charge in [-0.1, -0.05) is 15.3 Å². The summed E-state index contributed by atoms with van der Waals surface area (Å²) < 4.78 is 8.43. The molecule has 0 aromatic carbocycles. The van der Waals surface area contributed by atoms with E-state index in [-0.39, 0.29) is 0 Å². The van der Waals surface area contributed by atoms with Gasteiger partial charge in [0.25, 0.3) is 0 Å². The van der Waals surface area contributed by atoms with E-state index in [0.29, 0.717) is 0 Å². The highest BCUT2D eigenvalue weighted by Gasteiger charge is 2.51. The molecular weight excluding hydrogens is 294 g/mol. The zero-order valence-corrected chi connectivity index (χ0v) is 13.3. The van der Waals surface area contributed by atoms with Crippen molar-refractivity contribution in [3.63, 3.8) is 0 Å². The molecule has 0 bridgehead atoms. The maximum Gasteiger partial charge on any atom is 0.364 e. The smallest absolute Gasteiger partial charge is 0.291 e. The van der Waals surface area contributed by atoms with Crippen LogP contribution in [0.15, 0.2) is 0 Å². The summed E-state index contributed by atoms with van der Waals surface area (Å²) in [5.41, 5.74) is 0. The Morgan fingerprint density at radius 2 is 0.765 bits per heavy atom. The SMILES string of the molecule is Br[Si](N1CCCC1)(N1CCCC1)N1CCCC1. The Balaban J connectivity index is 1.81. The molecule has 0 amide bonds. The zero-order valence-electron chi connectivity index (χ0n) is 10.7. The summed E-state index contributed by atoms with van der Waals surface area (Å²) in [6.45, 7) is 7.94. The molecule has 0 radical (unpaired) electrons. The van der Waals surface area contributed by atoms with Crippen molar-refractivity contribution in [2.45, 2.75) is 38.5 Å². The van der Waals surface area contributed by atoms with Crippen molar-refractivity contribution in [3.05, 3.63) is 0 Å². The lowest BCUT2D eigenvalue weighted by Crippen LogP contribution is -2.69. The second-order valence-corrected chi connectivity index (χ2v) is 11.8. The van der Waals surface area contributed by atoms with Crippen molar-refractivity contribution in [3.8, 4) is 0 Å². The molecule has 3 aliphatic rings. The molecule has 0 saturated carbocycles. The largest absolute Gasteiger partial charge is 0.364 e. The Labute approximate surface area is 114 Å². The number of nitrogens with zero attached hydrogens (tertiary/aromatic N) is 3. The van der Waals surface area contributed by atoms with Crippen LogP contribution in [0.5, 0.6) is 0 Å². The van der Waals surface area contributed by atoms with Crippen molar-refractivity contribution in [1.82, 2.24) is 13.7 Å². The van der Waals surface area contributed by atoms with E-state index in [1.165, 1.54) is 77.8 Å². The molecule has 5 heteroatoms. The van der Waals surface area contributed by atoms with Crippen molar-refractivity contribution in [1.29, 1.82) is 0 Å². The first kappa shape index (κ1) is 12.6. The predicted octanol–water partition coefficient (Wildman–Crippen LogP) is 2.10. The number of rotatable bonds is 3. The van der Waals surface area contributed by atoms with Crippen molar-refractivity contribution < 1.29 is 0 Å². The first-order valence-electron chi connectivity index (χ1n) is 7.26. The predicted molar refractivity (Wildman–Crippen MR) is 77.1 cm³/mol. The van der Waals surface area contributed by atoms with Crippen LogP contribution in [0.2, 0.25) is 0 Å². The van der Waals surface area contributed by atoms with Gasteiger partial charge in [0.2, 0.25) is 0 Å². The lowest BCUT2D eigenvalue weighted by molar-refractivity contribution is 0.328. The Morgan fingerprint density at radius 1 is 0.529 bits per heavy atom. The van der Waals surface area contributed by atoms with Gasteiger partial charge in [0.15, 0.2) is 0 Å². The summed E-state index contributed by atoms with van der Waals surface area (Å²) in [6, 6.07) is 0. The third-order valence-electron chi connectivity index (χ3n) is 4.53. The van der Waals surface area contributed by atoms with Crippen LogP contribution in [-0.2, 0) is 0 Å². The zero-order chi connectivity index (χ0) is 11.7. The molecule has 0 unspecified atom stereocenters. The molecule has 3 heterocycles. The molecule has 3 aliphatic heterocycles. The summed E-state index contributed by atoms with van der Waals surface area (Å²) in [5.74, 6) is 0. The van der Waals surface area contributed by atoms with Crippen LogP contribution in [-0.4, -0.2) is 60.1 Å². The van der Waals surface area contributed by atoms with Gasteiger partial charge in [0, 0.05) is 0 Å². The van der Waals surface area contributed by atoms with E-state index in [0.717, 1.165) is 0 Å². The van der Waals surface area contributed by atoms with E-state index < -0.39 is 7.18 Å². The lowest BCUT2D eigenvalue weighted by atomic mass is 10.4. The molecule has 17 heavy (non-hydrogen) atoms. The highest BCUT2D eigenvalue weighted by Crippen LogP contribution is 2.34. The molecule has 3 nitrogen and oxygen atoms in total. The second-order valence-electron chi connectivity index (χ2n) is 5.64. The molecule has 3 rings (SSSR count). The average molecular weight is 318 g/mol. The van der Waals surface area contributed by atoms with Gasteiger partial charge < -0.3 is 0 Å². The third-order valence-corrected chi connectivity index (χ3v) is 12.8. The number of halogens is 1. The molecule has 0 aromatic rings. The maximum absolute atomic E-state index is 4.28. The average Bonchev–Trinajstić information content (AvgIpc) is 3.10. The number of hydrogen-bond donors (Lipinski definition) is 0. The van der Waals surface area contributed by atoms with E-state index in [2.05, 4.69) is 29.0 Å². The molecule has 0 aromatic heterocycles. The summed E-state index contributed by atoms with van der Waals surface area (Å²) in [5, 5.41) is 0. The van der Waals surface area contributed by atoms with E-state index in [1.807, 2.05) is 0 Å². The van der Waals surface area contributed by atoms with Gasteiger partial charge in [-0.15, -0.1) is 0 Å². The first-order chi connectivity index (χ1) is 8.32. The third kappa shape index (κ3) is 2.25. The molecule has 0 spiro atoms. The fraction of sp³-hybridized carbons (Fsp3) is 1.00. The van der Waals surface area contributed by atoms with Crippen molar-refractivity contribution in [2.75, 3.05) is 39.3 Å². The molecule has 3 saturated heterocycles. The second kappa shape index (κ2) is 5.29. The van der Waals surface area contributed by atoms with E-state index >= 15 is 0 Å². The molecule has 0 aliphatic carbocycles. The first-order valence-corrected chi connectivity index (χ1v) is 11.4. The minimum atomic E-state index is -1.64. The molecule has 3 fully saturated rings. The van der Waals surface area contributed by atoms with Gasteiger partial charge in [-0.25, -0.2) is 0 Å². The van der Waals surface area contributed by atoms with E-state index in [9.17, 15) is 0 Å². The monoisotopic (exact) mass is 317 g/mol. The minimum absolute atomic E-state index is 1.32. The van der Waals surface area contributed by atoms with E-state index in [1.54, 1.807) is 0 Å². The van der Waals surface area contributed by atoms with E-state index in [4.69, 9.17) is 0 Å². The van der Waals surface area contributed by atoms with Gasteiger partial charge in [0.1, 0.15) is 0 Å². The Hall–Kier alpha value is 0.577. The summed E-state index contributed by atoms with van der Waals surface area (Å²) >= 11 is 4.28. The summed E-state index contributed by atoms with van der Waals surface area (Å²) in [4.78, 5) is 0. The Bertz CT molecular complexity index is 218. The van der Waals surface area contributed by atoms with Crippen molar-refractivity contribution >= 4 is 22.5 Å². The molecule has 98 valence electrons. The quantitative estimate of drug-likeness (QED) is 0.583. The minimum Gasteiger partial charge on any atom is -0.291 e. The Kier molecular flexibility index (Phi) is 3.92. The fourth-order valence-corrected chi connectivity index (χ4v) is 10.7. The lowest BCUT2D eigenvalue weighted by Gasteiger charge is -2.46. The highest BCUT2D eigenvalue weighted by atomic mass is 79.9. The molecule has 0 N–H and O–H groups in total. The van der Waals surface area contributed by atoms with Crippen LogP contribution in [0.4, 0.5) is 0 Å².